The van der Waals surface area contributed by atoms with Gasteiger partial charge in [0.15, 0.2) is 9.84 Å². The molecule has 0 bridgehead atoms. The highest BCUT2D eigenvalue weighted by atomic mass is 32.2. The lowest BCUT2D eigenvalue weighted by Crippen LogP contribution is -2.10. The van der Waals surface area contributed by atoms with Crippen molar-refractivity contribution in [2.24, 2.45) is 0 Å². The minimum absolute atomic E-state index is 0.0813. The van der Waals surface area contributed by atoms with Crippen LogP contribution in [0.15, 0.2) is 23.1 Å². The molecule has 0 spiro atoms. The van der Waals surface area contributed by atoms with E-state index in [1.54, 1.807) is 0 Å². The summed E-state index contributed by atoms with van der Waals surface area (Å²) in [5.41, 5.74) is 0.504. The predicted molar refractivity (Wildman–Crippen MR) is 61.0 cm³/mol. The SMILES string of the molecule is CC(=O)Cc1ccc(S(=O)(=O)C2CC2)c(F)c1. The largest absolute Gasteiger partial charge is 0.300 e. The molecule has 3 nitrogen and oxygen atoms in total. The maximum Gasteiger partial charge on any atom is 0.184 e. The smallest absolute Gasteiger partial charge is 0.184 e. The normalized spacial score (nSPS) is 15.9. The van der Waals surface area contributed by atoms with Crippen LogP contribution in [0.25, 0.3) is 0 Å². The van der Waals surface area contributed by atoms with Crippen molar-refractivity contribution < 1.29 is 17.6 Å². The molecule has 1 aliphatic carbocycles. The number of Topliss-reactive ketones (excluding diaryl/α,β-unsaturated/α-hetero) is 1. The molecule has 0 aliphatic heterocycles. The van der Waals surface area contributed by atoms with Gasteiger partial charge in [-0.2, -0.15) is 0 Å². The third-order valence-corrected chi connectivity index (χ3v) is 5.01. The Bertz CT molecular complexity index is 559. The maximum absolute atomic E-state index is 13.7. The fraction of sp³-hybridized carbons (Fsp3) is 0.417. The van der Waals surface area contributed by atoms with Gasteiger partial charge in [-0.25, -0.2) is 12.8 Å². The van der Waals surface area contributed by atoms with Crippen molar-refractivity contribution in [3.63, 3.8) is 0 Å². The summed E-state index contributed by atoms with van der Waals surface area (Å²) in [6, 6.07) is 3.90. The van der Waals surface area contributed by atoms with E-state index in [1.165, 1.54) is 19.1 Å². The molecular weight excluding hydrogens is 243 g/mol. The van der Waals surface area contributed by atoms with Gasteiger partial charge in [-0.3, -0.25) is 4.79 Å². The van der Waals surface area contributed by atoms with Crippen molar-refractivity contribution in [2.75, 3.05) is 0 Å². The van der Waals surface area contributed by atoms with Gasteiger partial charge in [0.25, 0.3) is 0 Å². The molecule has 0 saturated heterocycles. The van der Waals surface area contributed by atoms with E-state index in [4.69, 9.17) is 0 Å². The summed E-state index contributed by atoms with van der Waals surface area (Å²) in [6.07, 6.45) is 1.34. The topological polar surface area (TPSA) is 51.2 Å². The number of carbonyl (C=O) groups is 1. The van der Waals surface area contributed by atoms with Crippen LogP contribution < -0.4 is 0 Å². The molecule has 1 aromatic carbocycles. The third-order valence-electron chi connectivity index (χ3n) is 2.72. The number of ketones is 1. The van der Waals surface area contributed by atoms with Crippen LogP contribution >= 0.6 is 0 Å². The molecule has 0 aromatic heterocycles. The standard InChI is InChI=1S/C12H13FO3S/c1-8(14)6-9-2-5-12(11(13)7-9)17(15,16)10-3-4-10/h2,5,7,10H,3-4,6H2,1H3. The Kier molecular flexibility index (Phi) is 3.03. The molecule has 0 N–H and O–H groups in total. The van der Waals surface area contributed by atoms with E-state index in [1.807, 2.05) is 0 Å². The van der Waals surface area contributed by atoms with Crippen LogP contribution in [0, 0.1) is 5.82 Å². The van der Waals surface area contributed by atoms with Crippen molar-refractivity contribution in [3.05, 3.63) is 29.6 Å². The highest BCUT2D eigenvalue weighted by Gasteiger charge is 2.38. The number of hydrogen-bond acceptors (Lipinski definition) is 3. The van der Waals surface area contributed by atoms with E-state index in [9.17, 15) is 17.6 Å². The highest BCUT2D eigenvalue weighted by Crippen LogP contribution is 2.34. The molecule has 0 atom stereocenters. The van der Waals surface area contributed by atoms with E-state index in [0.717, 1.165) is 6.07 Å². The Labute approximate surface area is 99.6 Å². The van der Waals surface area contributed by atoms with Crippen LogP contribution in [0.2, 0.25) is 0 Å². The average molecular weight is 256 g/mol. The van der Waals surface area contributed by atoms with Crippen molar-refractivity contribution in [1.82, 2.24) is 0 Å². The number of carbonyl (C=O) groups excluding carboxylic acids is 1. The molecule has 1 aromatic rings. The fourth-order valence-electron chi connectivity index (χ4n) is 1.73. The van der Waals surface area contributed by atoms with Gasteiger partial charge in [-0.05, 0) is 37.5 Å². The molecule has 0 amide bonds. The molecule has 1 fully saturated rings. The molecular formula is C12H13FO3S. The summed E-state index contributed by atoms with van der Waals surface area (Å²) in [4.78, 5) is 10.6. The van der Waals surface area contributed by atoms with Gasteiger partial charge in [0.05, 0.1) is 5.25 Å². The maximum atomic E-state index is 13.7. The zero-order valence-electron chi connectivity index (χ0n) is 9.44. The number of halogens is 1. The summed E-state index contributed by atoms with van der Waals surface area (Å²) in [5.74, 6) is -0.835. The van der Waals surface area contributed by atoms with Gasteiger partial charge in [-0.1, -0.05) is 6.07 Å². The summed E-state index contributed by atoms with van der Waals surface area (Å²) in [6.45, 7) is 1.41. The van der Waals surface area contributed by atoms with Gasteiger partial charge in [0.1, 0.15) is 16.5 Å². The molecule has 0 heterocycles. The average Bonchev–Trinajstić information content (AvgIpc) is 2.98. The molecule has 92 valence electrons. The van der Waals surface area contributed by atoms with Crippen LogP contribution in [-0.4, -0.2) is 19.5 Å². The van der Waals surface area contributed by atoms with Crippen molar-refractivity contribution in [1.29, 1.82) is 0 Å². The molecule has 0 radical (unpaired) electrons. The minimum atomic E-state index is -3.50. The van der Waals surface area contributed by atoms with Crippen LogP contribution in [0.4, 0.5) is 4.39 Å². The summed E-state index contributed by atoms with van der Waals surface area (Å²) in [7, 11) is -3.50. The lowest BCUT2D eigenvalue weighted by atomic mass is 10.1. The first-order chi connectivity index (χ1) is 7.91. The Morgan fingerprint density at radius 3 is 2.53 bits per heavy atom. The number of rotatable bonds is 4. The van der Waals surface area contributed by atoms with E-state index < -0.39 is 20.9 Å². The molecule has 5 heteroatoms. The zero-order chi connectivity index (χ0) is 12.6. The number of sulfone groups is 1. The van der Waals surface area contributed by atoms with Crippen LogP contribution in [0.3, 0.4) is 0 Å². The molecule has 1 saturated carbocycles. The van der Waals surface area contributed by atoms with Gasteiger partial charge >= 0.3 is 0 Å². The first-order valence-corrected chi connectivity index (χ1v) is 6.97. The Morgan fingerprint density at radius 1 is 1.41 bits per heavy atom. The van der Waals surface area contributed by atoms with Gasteiger partial charge in [0.2, 0.25) is 0 Å². The van der Waals surface area contributed by atoms with E-state index in [2.05, 4.69) is 0 Å². The Hall–Kier alpha value is -1.23. The van der Waals surface area contributed by atoms with Crippen LogP contribution in [0.1, 0.15) is 25.3 Å². The van der Waals surface area contributed by atoms with E-state index in [0.29, 0.717) is 18.4 Å². The second-order valence-corrected chi connectivity index (χ2v) is 6.58. The van der Waals surface area contributed by atoms with Gasteiger partial charge < -0.3 is 0 Å². The monoisotopic (exact) mass is 256 g/mol. The van der Waals surface area contributed by atoms with Crippen molar-refractivity contribution in [3.8, 4) is 0 Å². The summed E-state index contributed by atoms with van der Waals surface area (Å²) >= 11 is 0. The molecule has 0 unspecified atom stereocenters. The molecule has 2 rings (SSSR count). The van der Waals surface area contributed by atoms with Crippen molar-refractivity contribution >= 4 is 15.6 Å². The van der Waals surface area contributed by atoms with Crippen LogP contribution in [0.5, 0.6) is 0 Å². The fourth-order valence-corrected chi connectivity index (χ4v) is 3.43. The first kappa shape index (κ1) is 12.2. The second kappa shape index (κ2) is 4.22. The van der Waals surface area contributed by atoms with Crippen molar-refractivity contribution in [2.45, 2.75) is 36.3 Å². The third kappa shape index (κ3) is 2.54. The quantitative estimate of drug-likeness (QED) is 0.826. The lowest BCUT2D eigenvalue weighted by molar-refractivity contribution is -0.116. The summed E-state index contributed by atoms with van der Waals surface area (Å²) < 4.78 is 37.4. The number of hydrogen-bond donors (Lipinski definition) is 0. The highest BCUT2D eigenvalue weighted by molar-refractivity contribution is 7.92. The lowest BCUT2D eigenvalue weighted by Gasteiger charge is -2.05. The molecule has 17 heavy (non-hydrogen) atoms. The zero-order valence-corrected chi connectivity index (χ0v) is 10.3. The van der Waals surface area contributed by atoms with Gasteiger partial charge in [0, 0.05) is 6.42 Å². The first-order valence-electron chi connectivity index (χ1n) is 5.43. The Balaban J connectivity index is 2.35. The van der Waals surface area contributed by atoms with Gasteiger partial charge in [-0.15, -0.1) is 0 Å². The molecule has 1 aliphatic rings. The van der Waals surface area contributed by atoms with E-state index in [-0.39, 0.29) is 17.1 Å². The number of benzene rings is 1. The van der Waals surface area contributed by atoms with E-state index >= 15 is 0 Å². The second-order valence-electron chi connectivity index (χ2n) is 4.39. The Morgan fingerprint density at radius 2 is 2.06 bits per heavy atom. The van der Waals surface area contributed by atoms with Crippen LogP contribution in [-0.2, 0) is 21.1 Å². The minimum Gasteiger partial charge on any atom is -0.300 e. The predicted octanol–water partition coefficient (Wildman–Crippen LogP) is 1.89. The summed E-state index contributed by atoms with van der Waals surface area (Å²) in [5, 5.41) is -0.421.